The Hall–Kier alpha value is -1.03. The summed E-state index contributed by atoms with van der Waals surface area (Å²) in [4.78, 5) is 11.3. The zero-order valence-corrected chi connectivity index (χ0v) is 12.7. The third-order valence-electron chi connectivity index (χ3n) is 3.91. The highest BCUT2D eigenvalue weighted by Crippen LogP contribution is 2.29. The van der Waals surface area contributed by atoms with E-state index in [2.05, 4.69) is 28.2 Å². The van der Waals surface area contributed by atoms with Crippen LogP contribution in [0.3, 0.4) is 0 Å². The molecule has 0 aliphatic heterocycles. The lowest BCUT2D eigenvalue weighted by Gasteiger charge is -2.25. The van der Waals surface area contributed by atoms with Crippen LogP contribution < -0.4 is 5.32 Å². The number of hydrogen-bond acceptors (Lipinski definition) is 2. The number of aromatic carboxylic acids is 1. The molecule has 2 atom stereocenters. The average molecular weight is 326 g/mol. The van der Waals surface area contributed by atoms with Crippen molar-refractivity contribution in [3.8, 4) is 0 Å². The summed E-state index contributed by atoms with van der Waals surface area (Å²) in [6.45, 7) is 2.25. The minimum atomic E-state index is -0.878. The van der Waals surface area contributed by atoms with Crippen LogP contribution in [-0.2, 0) is 0 Å². The van der Waals surface area contributed by atoms with Crippen LogP contribution in [0.25, 0.3) is 0 Å². The molecule has 1 aliphatic carbocycles. The van der Waals surface area contributed by atoms with Crippen LogP contribution in [0.2, 0.25) is 0 Å². The Morgan fingerprint density at radius 2 is 2.05 bits per heavy atom. The summed E-state index contributed by atoms with van der Waals surface area (Å²) in [5, 5.41) is 12.7. The molecule has 4 heteroatoms. The van der Waals surface area contributed by atoms with Gasteiger partial charge in [0.05, 0.1) is 11.3 Å². The number of benzene rings is 1. The first-order chi connectivity index (χ1) is 9.08. The van der Waals surface area contributed by atoms with Gasteiger partial charge in [0.1, 0.15) is 0 Å². The minimum Gasteiger partial charge on any atom is -0.478 e. The summed E-state index contributed by atoms with van der Waals surface area (Å²) < 4.78 is 0.904. The molecule has 0 heterocycles. The molecule has 0 bridgehead atoms. The molecule has 1 saturated carbocycles. The second kappa shape index (κ2) is 6.42. The van der Waals surface area contributed by atoms with Crippen LogP contribution in [0, 0.1) is 5.92 Å². The second-order valence-corrected chi connectivity index (χ2v) is 6.28. The van der Waals surface area contributed by atoms with Gasteiger partial charge >= 0.3 is 5.97 Å². The van der Waals surface area contributed by atoms with Crippen molar-refractivity contribution in [1.82, 2.24) is 0 Å². The fourth-order valence-electron chi connectivity index (χ4n) is 2.73. The van der Waals surface area contributed by atoms with E-state index in [4.69, 9.17) is 0 Å². The number of halogens is 1. The van der Waals surface area contributed by atoms with Crippen molar-refractivity contribution in [2.45, 2.75) is 45.1 Å². The van der Waals surface area contributed by atoms with Gasteiger partial charge in [-0.2, -0.15) is 0 Å². The van der Waals surface area contributed by atoms with Gasteiger partial charge in [-0.3, -0.25) is 0 Å². The average Bonchev–Trinajstić information content (AvgIpc) is 2.55. The predicted octanol–water partition coefficient (Wildman–Crippen LogP) is 4.53. The number of carboxylic acids is 1. The van der Waals surface area contributed by atoms with Crippen LogP contribution >= 0.6 is 15.9 Å². The normalized spacial score (nSPS) is 23.7. The lowest BCUT2D eigenvalue weighted by molar-refractivity contribution is 0.0698. The molecule has 1 aliphatic rings. The third kappa shape index (κ3) is 3.72. The lowest BCUT2D eigenvalue weighted by atomic mass is 9.96. The van der Waals surface area contributed by atoms with Gasteiger partial charge in [-0.1, -0.05) is 42.1 Å². The first-order valence-corrected chi connectivity index (χ1v) is 7.66. The Kier molecular flexibility index (Phi) is 4.86. The smallest absolute Gasteiger partial charge is 0.337 e. The quantitative estimate of drug-likeness (QED) is 0.803. The maximum absolute atomic E-state index is 11.3. The van der Waals surface area contributed by atoms with Crippen LogP contribution in [0.4, 0.5) is 5.69 Å². The van der Waals surface area contributed by atoms with Gasteiger partial charge in [-0.05, 0) is 37.0 Å². The molecular weight excluding hydrogens is 306 g/mol. The number of anilines is 1. The molecule has 1 aromatic carbocycles. The summed E-state index contributed by atoms with van der Waals surface area (Å²) in [6, 6.07) is 5.65. The topological polar surface area (TPSA) is 49.3 Å². The number of nitrogens with one attached hydrogen (secondary N) is 1. The zero-order chi connectivity index (χ0) is 13.8. The van der Waals surface area contributed by atoms with Gasteiger partial charge in [0.2, 0.25) is 0 Å². The molecule has 0 amide bonds. The van der Waals surface area contributed by atoms with Crippen LogP contribution in [-0.4, -0.2) is 17.1 Å². The maximum atomic E-state index is 11.3. The van der Waals surface area contributed by atoms with E-state index < -0.39 is 5.97 Å². The molecule has 2 rings (SSSR count). The highest BCUT2D eigenvalue weighted by Gasteiger charge is 2.21. The number of carbonyl (C=O) groups is 1. The first-order valence-electron chi connectivity index (χ1n) is 6.87. The van der Waals surface area contributed by atoms with E-state index in [1.165, 1.54) is 25.7 Å². The van der Waals surface area contributed by atoms with Crippen molar-refractivity contribution in [2.75, 3.05) is 5.32 Å². The van der Waals surface area contributed by atoms with E-state index in [0.717, 1.165) is 16.6 Å². The van der Waals surface area contributed by atoms with E-state index in [1.807, 2.05) is 6.07 Å². The van der Waals surface area contributed by atoms with Crippen molar-refractivity contribution in [3.05, 3.63) is 28.2 Å². The molecule has 0 aromatic heterocycles. The first kappa shape index (κ1) is 14.4. The molecule has 2 N–H and O–H groups in total. The molecule has 1 fully saturated rings. The summed E-state index contributed by atoms with van der Waals surface area (Å²) >= 11 is 3.41. The van der Waals surface area contributed by atoms with Gasteiger partial charge in [0.25, 0.3) is 0 Å². The van der Waals surface area contributed by atoms with E-state index in [-0.39, 0.29) is 0 Å². The molecule has 0 saturated heterocycles. The standard InChI is InChI=1S/C15H20BrNO2/c1-10-5-3-2-4-6-13(10)17-14-9-11(16)7-8-12(14)15(18)19/h7-10,13,17H,2-6H2,1H3,(H,18,19). The third-order valence-corrected chi connectivity index (χ3v) is 4.41. The Bertz CT molecular complexity index is 461. The van der Waals surface area contributed by atoms with Gasteiger partial charge in [0, 0.05) is 10.5 Å². The lowest BCUT2D eigenvalue weighted by Crippen LogP contribution is -2.27. The SMILES string of the molecule is CC1CCCCCC1Nc1cc(Br)ccc1C(=O)O. The highest BCUT2D eigenvalue weighted by molar-refractivity contribution is 9.10. The fraction of sp³-hybridized carbons (Fsp3) is 0.533. The molecule has 2 unspecified atom stereocenters. The van der Waals surface area contributed by atoms with Crippen molar-refractivity contribution in [3.63, 3.8) is 0 Å². The summed E-state index contributed by atoms with van der Waals surface area (Å²) in [5.41, 5.74) is 1.07. The molecular formula is C15H20BrNO2. The van der Waals surface area contributed by atoms with E-state index in [0.29, 0.717) is 17.5 Å². The Labute approximate surface area is 122 Å². The number of hydrogen-bond donors (Lipinski definition) is 2. The van der Waals surface area contributed by atoms with Gasteiger partial charge in [-0.15, -0.1) is 0 Å². The van der Waals surface area contributed by atoms with Crippen molar-refractivity contribution >= 4 is 27.6 Å². The number of rotatable bonds is 3. The summed E-state index contributed by atoms with van der Waals surface area (Å²) in [7, 11) is 0. The summed E-state index contributed by atoms with van der Waals surface area (Å²) in [5.74, 6) is -0.292. The molecule has 104 valence electrons. The Balaban J connectivity index is 2.21. The van der Waals surface area contributed by atoms with Gasteiger partial charge in [-0.25, -0.2) is 4.79 Å². The molecule has 0 spiro atoms. The molecule has 1 aromatic rings. The van der Waals surface area contributed by atoms with Gasteiger partial charge in [0.15, 0.2) is 0 Å². The van der Waals surface area contributed by atoms with Crippen LogP contribution in [0.15, 0.2) is 22.7 Å². The molecule has 0 radical (unpaired) electrons. The van der Waals surface area contributed by atoms with E-state index in [1.54, 1.807) is 12.1 Å². The second-order valence-electron chi connectivity index (χ2n) is 5.36. The number of carboxylic acid groups (broad SMARTS) is 1. The van der Waals surface area contributed by atoms with Crippen molar-refractivity contribution < 1.29 is 9.90 Å². The van der Waals surface area contributed by atoms with E-state index >= 15 is 0 Å². The maximum Gasteiger partial charge on any atom is 0.337 e. The van der Waals surface area contributed by atoms with Crippen molar-refractivity contribution in [1.29, 1.82) is 0 Å². The summed E-state index contributed by atoms with van der Waals surface area (Å²) in [6.07, 6.45) is 6.12. The largest absolute Gasteiger partial charge is 0.478 e. The molecule has 3 nitrogen and oxygen atoms in total. The fourth-order valence-corrected chi connectivity index (χ4v) is 3.09. The van der Waals surface area contributed by atoms with E-state index in [9.17, 15) is 9.90 Å². The Morgan fingerprint density at radius 3 is 2.79 bits per heavy atom. The highest BCUT2D eigenvalue weighted by atomic mass is 79.9. The Morgan fingerprint density at radius 1 is 1.32 bits per heavy atom. The molecule has 19 heavy (non-hydrogen) atoms. The monoisotopic (exact) mass is 325 g/mol. The predicted molar refractivity (Wildman–Crippen MR) is 80.8 cm³/mol. The van der Waals surface area contributed by atoms with Crippen LogP contribution in [0.5, 0.6) is 0 Å². The van der Waals surface area contributed by atoms with Crippen LogP contribution in [0.1, 0.15) is 49.4 Å². The minimum absolute atomic E-state index is 0.347. The van der Waals surface area contributed by atoms with Crippen molar-refractivity contribution in [2.24, 2.45) is 5.92 Å². The zero-order valence-electron chi connectivity index (χ0n) is 11.2. The van der Waals surface area contributed by atoms with Gasteiger partial charge < -0.3 is 10.4 Å².